The Morgan fingerprint density at radius 3 is 2.76 bits per heavy atom. The van der Waals surface area contributed by atoms with E-state index in [4.69, 9.17) is 10.5 Å². The summed E-state index contributed by atoms with van der Waals surface area (Å²) in [6, 6.07) is 4.57. The van der Waals surface area contributed by atoms with Gasteiger partial charge in [-0.15, -0.1) is 0 Å². The second kappa shape index (κ2) is 5.87. The van der Waals surface area contributed by atoms with Crippen molar-refractivity contribution in [2.75, 3.05) is 32.0 Å². The third-order valence-corrected chi connectivity index (χ3v) is 3.06. The lowest BCUT2D eigenvalue weighted by atomic mass is 10.3. The van der Waals surface area contributed by atoms with Gasteiger partial charge in [-0.3, -0.25) is 0 Å². The van der Waals surface area contributed by atoms with E-state index in [1.807, 2.05) is 0 Å². The summed E-state index contributed by atoms with van der Waals surface area (Å²) in [4.78, 5) is 2.44. The lowest BCUT2D eigenvalue weighted by molar-refractivity contribution is 0.262. The topological polar surface area (TPSA) is 38.5 Å². The fourth-order valence-electron chi connectivity index (χ4n) is 2.08. The van der Waals surface area contributed by atoms with Gasteiger partial charge in [0, 0.05) is 12.6 Å². The van der Waals surface area contributed by atoms with Gasteiger partial charge in [0.1, 0.15) is 11.6 Å². The molecule has 1 aliphatic rings. The summed E-state index contributed by atoms with van der Waals surface area (Å²) < 4.78 is 18.6. The molecular weight excluding hydrogens is 219 g/mol. The molecule has 0 bridgehead atoms. The average molecular weight is 238 g/mol. The third kappa shape index (κ3) is 3.60. The Balaban J connectivity index is 1.68. The summed E-state index contributed by atoms with van der Waals surface area (Å²) >= 11 is 0. The van der Waals surface area contributed by atoms with Crippen molar-refractivity contribution in [3.05, 3.63) is 24.0 Å². The van der Waals surface area contributed by atoms with Crippen molar-refractivity contribution >= 4 is 5.69 Å². The maximum Gasteiger partial charge on any atom is 0.149 e. The van der Waals surface area contributed by atoms with Crippen LogP contribution in [0.3, 0.4) is 0 Å². The predicted octanol–water partition coefficient (Wildman–Crippen LogP) is 2.27. The Morgan fingerprint density at radius 2 is 2.06 bits per heavy atom. The van der Waals surface area contributed by atoms with Crippen LogP contribution >= 0.6 is 0 Å². The van der Waals surface area contributed by atoms with Gasteiger partial charge in [0.25, 0.3) is 0 Å². The molecule has 1 saturated heterocycles. The minimum atomic E-state index is -0.415. The van der Waals surface area contributed by atoms with Crippen molar-refractivity contribution in [1.82, 2.24) is 4.90 Å². The Labute approximate surface area is 101 Å². The van der Waals surface area contributed by atoms with Crippen molar-refractivity contribution in [3.63, 3.8) is 0 Å². The van der Waals surface area contributed by atoms with Gasteiger partial charge in [0.05, 0.1) is 12.3 Å². The standard InChI is InChI=1S/C13H19FN2O/c14-12-10-11(4-5-13(12)15)17-9-3-8-16-6-1-2-7-16/h4-5,10H,1-3,6-9,15H2. The molecule has 0 saturated carbocycles. The Hall–Kier alpha value is -1.29. The zero-order chi connectivity index (χ0) is 12.1. The lowest BCUT2D eigenvalue weighted by Gasteiger charge is -2.14. The fraction of sp³-hybridized carbons (Fsp3) is 0.538. The zero-order valence-electron chi connectivity index (χ0n) is 9.99. The summed E-state index contributed by atoms with van der Waals surface area (Å²) in [6.07, 6.45) is 3.60. The minimum Gasteiger partial charge on any atom is -0.493 e. The molecule has 1 aromatic carbocycles. The van der Waals surface area contributed by atoms with E-state index < -0.39 is 5.82 Å². The molecule has 0 radical (unpaired) electrons. The van der Waals surface area contributed by atoms with Crippen LogP contribution in [0.4, 0.5) is 10.1 Å². The third-order valence-electron chi connectivity index (χ3n) is 3.06. The van der Waals surface area contributed by atoms with Gasteiger partial charge in [-0.1, -0.05) is 0 Å². The normalized spacial score (nSPS) is 16.3. The van der Waals surface area contributed by atoms with Crippen LogP contribution in [0.15, 0.2) is 18.2 Å². The first-order valence-electron chi connectivity index (χ1n) is 6.16. The van der Waals surface area contributed by atoms with Crippen molar-refractivity contribution in [1.29, 1.82) is 0 Å². The highest BCUT2D eigenvalue weighted by molar-refractivity contribution is 5.43. The molecule has 2 N–H and O–H groups in total. The summed E-state index contributed by atoms with van der Waals surface area (Å²) in [5.41, 5.74) is 5.55. The van der Waals surface area contributed by atoms with Gasteiger partial charge in [-0.2, -0.15) is 0 Å². The molecule has 3 nitrogen and oxygen atoms in total. The van der Waals surface area contributed by atoms with Crippen LogP contribution in [0.5, 0.6) is 5.75 Å². The number of anilines is 1. The second-order valence-corrected chi connectivity index (χ2v) is 4.43. The van der Waals surface area contributed by atoms with E-state index in [1.165, 1.54) is 38.1 Å². The van der Waals surface area contributed by atoms with Gasteiger partial charge < -0.3 is 15.4 Å². The smallest absolute Gasteiger partial charge is 0.149 e. The van der Waals surface area contributed by atoms with Crippen molar-refractivity contribution in [2.24, 2.45) is 0 Å². The number of ether oxygens (including phenoxy) is 1. The van der Waals surface area contributed by atoms with E-state index in [1.54, 1.807) is 6.07 Å². The van der Waals surface area contributed by atoms with Gasteiger partial charge in [-0.05, 0) is 44.5 Å². The number of halogens is 1. The monoisotopic (exact) mass is 238 g/mol. The Morgan fingerprint density at radius 1 is 1.29 bits per heavy atom. The molecule has 0 amide bonds. The van der Waals surface area contributed by atoms with Crippen LogP contribution in [0, 0.1) is 5.82 Å². The Bertz CT molecular complexity index is 364. The van der Waals surface area contributed by atoms with Crippen molar-refractivity contribution in [3.8, 4) is 5.75 Å². The number of likely N-dealkylation sites (tertiary alicyclic amines) is 1. The molecular formula is C13H19FN2O. The molecule has 0 aromatic heterocycles. The Kier molecular flexibility index (Phi) is 4.20. The molecule has 94 valence electrons. The predicted molar refractivity (Wildman–Crippen MR) is 66.6 cm³/mol. The van der Waals surface area contributed by atoms with Crippen LogP contribution < -0.4 is 10.5 Å². The SMILES string of the molecule is Nc1ccc(OCCCN2CCCC2)cc1F. The first-order valence-corrected chi connectivity index (χ1v) is 6.16. The fourth-order valence-corrected chi connectivity index (χ4v) is 2.08. The van der Waals surface area contributed by atoms with E-state index in [2.05, 4.69) is 4.90 Å². The number of rotatable bonds is 5. The lowest BCUT2D eigenvalue weighted by Crippen LogP contribution is -2.21. The second-order valence-electron chi connectivity index (χ2n) is 4.43. The van der Waals surface area contributed by atoms with Crippen LogP contribution in [0.1, 0.15) is 19.3 Å². The van der Waals surface area contributed by atoms with E-state index in [0.29, 0.717) is 12.4 Å². The quantitative estimate of drug-likeness (QED) is 0.631. The van der Waals surface area contributed by atoms with Gasteiger partial charge in [-0.25, -0.2) is 4.39 Å². The van der Waals surface area contributed by atoms with Crippen molar-refractivity contribution < 1.29 is 9.13 Å². The summed E-state index contributed by atoms with van der Waals surface area (Å²) in [7, 11) is 0. The highest BCUT2D eigenvalue weighted by Crippen LogP contribution is 2.18. The molecule has 1 aliphatic heterocycles. The number of nitrogens with zero attached hydrogens (tertiary/aromatic N) is 1. The van der Waals surface area contributed by atoms with E-state index in [-0.39, 0.29) is 5.69 Å². The summed E-state index contributed by atoms with van der Waals surface area (Å²) in [5.74, 6) is 0.139. The number of hydrogen-bond donors (Lipinski definition) is 1. The van der Waals surface area contributed by atoms with Crippen LogP contribution in [-0.4, -0.2) is 31.1 Å². The summed E-state index contributed by atoms with van der Waals surface area (Å²) in [5, 5.41) is 0. The molecule has 1 fully saturated rings. The van der Waals surface area contributed by atoms with Crippen LogP contribution in [-0.2, 0) is 0 Å². The van der Waals surface area contributed by atoms with Crippen LogP contribution in [0.2, 0.25) is 0 Å². The first-order chi connectivity index (χ1) is 8.25. The number of hydrogen-bond acceptors (Lipinski definition) is 3. The molecule has 2 rings (SSSR count). The van der Waals surface area contributed by atoms with Gasteiger partial charge in [0.15, 0.2) is 0 Å². The number of nitrogen functional groups attached to an aromatic ring is 1. The van der Waals surface area contributed by atoms with E-state index in [9.17, 15) is 4.39 Å². The van der Waals surface area contributed by atoms with Crippen molar-refractivity contribution in [2.45, 2.75) is 19.3 Å². The van der Waals surface area contributed by atoms with E-state index in [0.717, 1.165) is 13.0 Å². The highest BCUT2D eigenvalue weighted by Gasteiger charge is 2.10. The molecule has 0 unspecified atom stereocenters. The molecule has 0 spiro atoms. The summed E-state index contributed by atoms with van der Waals surface area (Å²) in [6.45, 7) is 4.10. The van der Waals surface area contributed by atoms with Gasteiger partial charge >= 0.3 is 0 Å². The maximum absolute atomic E-state index is 13.1. The zero-order valence-corrected chi connectivity index (χ0v) is 9.99. The van der Waals surface area contributed by atoms with E-state index >= 15 is 0 Å². The average Bonchev–Trinajstić information content (AvgIpc) is 2.82. The molecule has 4 heteroatoms. The minimum absolute atomic E-state index is 0.161. The number of nitrogens with two attached hydrogens (primary N) is 1. The van der Waals surface area contributed by atoms with Gasteiger partial charge in [0.2, 0.25) is 0 Å². The highest BCUT2D eigenvalue weighted by atomic mass is 19.1. The first kappa shape index (κ1) is 12.2. The number of benzene rings is 1. The molecule has 0 aliphatic carbocycles. The maximum atomic E-state index is 13.1. The molecule has 1 aromatic rings. The molecule has 17 heavy (non-hydrogen) atoms. The largest absolute Gasteiger partial charge is 0.493 e. The molecule has 1 heterocycles. The molecule has 0 atom stereocenters. The van der Waals surface area contributed by atoms with Crippen LogP contribution in [0.25, 0.3) is 0 Å².